The van der Waals surface area contributed by atoms with Crippen LogP contribution in [-0.2, 0) is 0 Å². The summed E-state index contributed by atoms with van der Waals surface area (Å²) in [6.07, 6.45) is 0. The van der Waals surface area contributed by atoms with Gasteiger partial charge >= 0.3 is 0 Å². The zero-order valence-corrected chi connectivity index (χ0v) is 11.1. The van der Waals surface area contributed by atoms with Crippen LogP contribution < -0.4 is 10.5 Å². The van der Waals surface area contributed by atoms with E-state index in [9.17, 15) is 0 Å². The molecule has 0 aromatic heterocycles. The monoisotopic (exact) mass is 221 g/mol. The minimum Gasteiger partial charge on any atom is -0.493 e. The summed E-state index contributed by atoms with van der Waals surface area (Å²) < 4.78 is 5.87. The second-order valence-electron chi connectivity index (χ2n) is 5.36. The van der Waals surface area contributed by atoms with Crippen LogP contribution in [0.15, 0.2) is 12.1 Å². The van der Waals surface area contributed by atoms with E-state index in [1.165, 1.54) is 16.7 Å². The van der Waals surface area contributed by atoms with Crippen LogP contribution in [-0.4, -0.2) is 13.2 Å². The van der Waals surface area contributed by atoms with Gasteiger partial charge < -0.3 is 10.5 Å². The molecule has 2 nitrogen and oxygen atoms in total. The fourth-order valence-corrected chi connectivity index (χ4v) is 1.48. The molecule has 16 heavy (non-hydrogen) atoms. The van der Waals surface area contributed by atoms with Gasteiger partial charge in [-0.25, -0.2) is 0 Å². The van der Waals surface area contributed by atoms with Gasteiger partial charge in [-0.3, -0.25) is 0 Å². The Morgan fingerprint density at radius 3 is 2.38 bits per heavy atom. The van der Waals surface area contributed by atoms with E-state index >= 15 is 0 Å². The van der Waals surface area contributed by atoms with Crippen molar-refractivity contribution in [1.29, 1.82) is 0 Å². The van der Waals surface area contributed by atoms with Crippen LogP contribution in [0.3, 0.4) is 0 Å². The van der Waals surface area contributed by atoms with Crippen LogP contribution in [0.25, 0.3) is 0 Å². The van der Waals surface area contributed by atoms with Crippen molar-refractivity contribution in [3.63, 3.8) is 0 Å². The van der Waals surface area contributed by atoms with E-state index < -0.39 is 0 Å². The van der Waals surface area contributed by atoms with Crippen molar-refractivity contribution in [1.82, 2.24) is 0 Å². The van der Waals surface area contributed by atoms with Crippen molar-refractivity contribution in [3.8, 4) is 5.75 Å². The number of aryl methyl sites for hydroxylation is 2. The molecule has 0 atom stereocenters. The molecule has 0 saturated carbocycles. The summed E-state index contributed by atoms with van der Waals surface area (Å²) >= 11 is 0. The highest BCUT2D eigenvalue weighted by atomic mass is 16.5. The highest BCUT2D eigenvalue weighted by Gasteiger charge is 2.17. The first-order valence-corrected chi connectivity index (χ1v) is 5.76. The van der Waals surface area contributed by atoms with Crippen molar-refractivity contribution in [2.24, 2.45) is 11.1 Å². The summed E-state index contributed by atoms with van der Waals surface area (Å²) in [7, 11) is 0. The smallest absolute Gasteiger partial charge is 0.122 e. The molecule has 0 saturated heterocycles. The van der Waals surface area contributed by atoms with Crippen molar-refractivity contribution in [2.75, 3.05) is 13.2 Å². The fourth-order valence-electron chi connectivity index (χ4n) is 1.48. The lowest BCUT2D eigenvalue weighted by Crippen LogP contribution is -2.30. The molecule has 0 heterocycles. The maximum absolute atomic E-state index is 5.87. The Balaban J connectivity index is 2.82. The molecule has 0 spiro atoms. The highest BCUT2D eigenvalue weighted by molar-refractivity contribution is 5.41. The normalized spacial score (nSPS) is 11.6. The maximum Gasteiger partial charge on any atom is 0.122 e. The van der Waals surface area contributed by atoms with E-state index in [0.717, 1.165) is 5.75 Å². The molecule has 0 aliphatic rings. The lowest BCUT2D eigenvalue weighted by atomic mass is 9.95. The molecule has 1 rings (SSSR count). The Morgan fingerprint density at radius 2 is 1.81 bits per heavy atom. The molecule has 2 N–H and O–H groups in total. The molecular weight excluding hydrogens is 198 g/mol. The zero-order valence-electron chi connectivity index (χ0n) is 11.1. The van der Waals surface area contributed by atoms with Crippen LogP contribution in [0.5, 0.6) is 5.75 Å². The average molecular weight is 221 g/mol. The van der Waals surface area contributed by atoms with Crippen molar-refractivity contribution < 1.29 is 4.74 Å². The van der Waals surface area contributed by atoms with Gasteiger partial charge in [0.1, 0.15) is 5.75 Å². The van der Waals surface area contributed by atoms with E-state index in [2.05, 4.69) is 46.8 Å². The SMILES string of the molecule is Cc1cc(C)c(C)c(OCC(C)(C)CN)c1. The first-order valence-electron chi connectivity index (χ1n) is 5.76. The third-order valence-corrected chi connectivity index (χ3v) is 2.94. The van der Waals surface area contributed by atoms with Crippen molar-refractivity contribution >= 4 is 0 Å². The van der Waals surface area contributed by atoms with Gasteiger partial charge in [-0.05, 0) is 43.5 Å². The van der Waals surface area contributed by atoms with Crippen molar-refractivity contribution in [2.45, 2.75) is 34.6 Å². The molecule has 0 radical (unpaired) electrons. The summed E-state index contributed by atoms with van der Waals surface area (Å²) in [5.74, 6) is 0.985. The van der Waals surface area contributed by atoms with E-state index in [1.54, 1.807) is 0 Å². The largest absolute Gasteiger partial charge is 0.493 e. The summed E-state index contributed by atoms with van der Waals surface area (Å²) in [4.78, 5) is 0. The summed E-state index contributed by atoms with van der Waals surface area (Å²) in [6, 6.07) is 4.27. The van der Waals surface area contributed by atoms with E-state index in [-0.39, 0.29) is 5.41 Å². The molecule has 0 aliphatic carbocycles. The third-order valence-electron chi connectivity index (χ3n) is 2.94. The number of ether oxygens (including phenoxy) is 1. The molecule has 2 heteroatoms. The minimum absolute atomic E-state index is 0.0318. The summed E-state index contributed by atoms with van der Waals surface area (Å²) in [6.45, 7) is 11.8. The van der Waals surface area contributed by atoms with Gasteiger partial charge in [0, 0.05) is 12.0 Å². The van der Waals surface area contributed by atoms with Crippen molar-refractivity contribution in [3.05, 3.63) is 28.8 Å². The maximum atomic E-state index is 5.87. The molecule has 0 bridgehead atoms. The third kappa shape index (κ3) is 3.24. The predicted octanol–water partition coefficient (Wildman–Crippen LogP) is 2.98. The lowest BCUT2D eigenvalue weighted by molar-refractivity contribution is 0.186. The Kier molecular flexibility index (Phi) is 3.98. The molecule has 1 aromatic rings. The van der Waals surface area contributed by atoms with Gasteiger partial charge in [-0.15, -0.1) is 0 Å². The fraction of sp³-hybridized carbons (Fsp3) is 0.571. The Labute approximate surface area is 98.8 Å². The number of nitrogens with two attached hydrogens (primary N) is 1. The van der Waals surface area contributed by atoms with Crippen LogP contribution in [0.4, 0.5) is 0 Å². The Hall–Kier alpha value is -1.02. The van der Waals surface area contributed by atoms with Crippen LogP contribution in [0.1, 0.15) is 30.5 Å². The predicted molar refractivity (Wildman–Crippen MR) is 69.0 cm³/mol. The second-order valence-corrected chi connectivity index (χ2v) is 5.36. The Bertz CT molecular complexity index is 369. The lowest BCUT2D eigenvalue weighted by Gasteiger charge is -2.23. The standard InChI is InChI=1S/C14H23NO/c1-10-6-11(2)12(3)13(7-10)16-9-14(4,5)8-15/h6-7H,8-9,15H2,1-5H3. The zero-order chi connectivity index (χ0) is 12.3. The molecule has 0 aliphatic heterocycles. The first-order chi connectivity index (χ1) is 7.35. The van der Waals surface area contributed by atoms with E-state index in [1.807, 2.05) is 0 Å². The summed E-state index contributed by atoms with van der Waals surface area (Å²) in [5.41, 5.74) is 9.46. The molecule has 1 aromatic carbocycles. The molecule has 0 unspecified atom stereocenters. The number of hydrogen-bond acceptors (Lipinski definition) is 2. The highest BCUT2D eigenvalue weighted by Crippen LogP contribution is 2.25. The number of benzene rings is 1. The van der Waals surface area contributed by atoms with Gasteiger partial charge in [-0.2, -0.15) is 0 Å². The van der Waals surface area contributed by atoms with E-state index in [0.29, 0.717) is 13.2 Å². The average Bonchev–Trinajstić information content (AvgIpc) is 2.21. The number of hydrogen-bond donors (Lipinski definition) is 1. The second kappa shape index (κ2) is 4.88. The molecule has 0 fully saturated rings. The summed E-state index contributed by atoms with van der Waals surface area (Å²) in [5, 5.41) is 0. The minimum atomic E-state index is 0.0318. The first kappa shape index (κ1) is 13.0. The van der Waals surface area contributed by atoms with Crippen LogP contribution in [0, 0.1) is 26.2 Å². The van der Waals surface area contributed by atoms with Gasteiger partial charge in [0.25, 0.3) is 0 Å². The Morgan fingerprint density at radius 1 is 1.19 bits per heavy atom. The van der Waals surface area contributed by atoms with Gasteiger partial charge in [0.05, 0.1) is 6.61 Å². The van der Waals surface area contributed by atoms with Crippen LogP contribution in [0.2, 0.25) is 0 Å². The topological polar surface area (TPSA) is 35.2 Å². The van der Waals surface area contributed by atoms with E-state index in [4.69, 9.17) is 10.5 Å². The quantitative estimate of drug-likeness (QED) is 0.848. The van der Waals surface area contributed by atoms with Gasteiger partial charge in [-0.1, -0.05) is 19.9 Å². The van der Waals surface area contributed by atoms with Crippen LogP contribution >= 0.6 is 0 Å². The molecule has 0 amide bonds. The van der Waals surface area contributed by atoms with Gasteiger partial charge in [0.2, 0.25) is 0 Å². The molecule has 90 valence electrons. The van der Waals surface area contributed by atoms with Gasteiger partial charge in [0.15, 0.2) is 0 Å². The molecular formula is C14H23NO. The number of rotatable bonds is 4.